The lowest BCUT2D eigenvalue weighted by Crippen LogP contribution is -2.37. The van der Waals surface area contributed by atoms with Gasteiger partial charge >= 0.3 is 0 Å². The number of nitrogens with one attached hydrogen (secondary N) is 2. The quantitative estimate of drug-likeness (QED) is 0.406. The number of halogens is 2. The van der Waals surface area contributed by atoms with E-state index in [4.69, 9.17) is 9.47 Å². The predicted molar refractivity (Wildman–Crippen MR) is 126 cm³/mol. The minimum atomic E-state index is -2.89. The lowest BCUT2D eigenvalue weighted by Gasteiger charge is -2.27. The molecule has 0 spiro atoms. The molecule has 5 rings (SSSR count). The fourth-order valence-corrected chi connectivity index (χ4v) is 3.80. The Morgan fingerprint density at radius 3 is 2.54 bits per heavy atom. The molecule has 4 heterocycles. The molecule has 1 saturated heterocycles. The van der Waals surface area contributed by atoms with Crippen LogP contribution in [0.1, 0.15) is 12.2 Å². The van der Waals surface area contributed by atoms with Gasteiger partial charge in [-0.25, -0.2) is 13.8 Å². The number of aromatic nitrogens is 6. The summed E-state index contributed by atoms with van der Waals surface area (Å²) in [6, 6.07) is 6.95. The van der Waals surface area contributed by atoms with E-state index in [-0.39, 0.29) is 17.4 Å². The Kier molecular flexibility index (Phi) is 6.23. The Morgan fingerprint density at radius 2 is 1.86 bits per heavy atom. The fourth-order valence-electron chi connectivity index (χ4n) is 3.80. The van der Waals surface area contributed by atoms with E-state index in [1.165, 1.54) is 11.7 Å². The van der Waals surface area contributed by atoms with E-state index in [0.29, 0.717) is 54.9 Å². The van der Waals surface area contributed by atoms with Crippen molar-refractivity contribution < 1.29 is 18.3 Å². The van der Waals surface area contributed by atoms with Crippen LogP contribution in [0, 0.1) is 0 Å². The summed E-state index contributed by atoms with van der Waals surface area (Å²) in [7, 11) is 3.19. The van der Waals surface area contributed by atoms with Crippen LogP contribution in [0.5, 0.6) is 5.75 Å². The Labute approximate surface area is 199 Å². The normalized spacial score (nSPS) is 13.9. The topological polar surface area (TPSA) is 115 Å². The second-order valence-electron chi connectivity index (χ2n) is 7.63. The molecule has 0 unspecified atom stereocenters. The van der Waals surface area contributed by atoms with Gasteiger partial charge in [0.15, 0.2) is 5.82 Å². The van der Waals surface area contributed by atoms with Gasteiger partial charge < -0.3 is 25.0 Å². The highest BCUT2D eigenvalue weighted by atomic mass is 19.3. The second kappa shape index (κ2) is 9.62. The molecule has 3 aromatic heterocycles. The number of methoxy groups -OCH3 is 1. The van der Waals surface area contributed by atoms with Gasteiger partial charge in [-0.2, -0.15) is 15.0 Å². The minimum Gasteiger partial charge on any atom is -0.494 e. The number of hydrogen-bond donors (Lipinski definition) is 2. The first-order valence-electron chi connectivity index (χ1n) is 10.9. The zero-order valence-corrected chi connectivity index (χ0v) is 19.1. The van der Waals surface area contributed by atoms with Crippen LogP contribution in [0.25, 0.3) is 17.0 Å². The number of nitrogens with zero attached hydrogens (tertiary/aromatic N) is 7. The summed E-state index contributed by atoms with van der Waals surface area (Å²) in [5, 5.41) is 6.10. The smallest absolute Gasteiger partial charge is 0.296 e. The summed E-state index contributed by atoms with van der Waals surface area (Å²) in [5.74, 6) is 0.370. The third-order valence-electron chi connectivity index (χ3n) is 5.48. The van der Waals surface area contributed by atoms with Crippen LogP contribution in [0.2, 0.25) is 0 Å². The van der Waals surface area contributed by atoms with Crippen LogP contribution in [-0.2, 0) is 4.74 Å². The molecule has 11 nitrogen and oxygen atoms in total. The van der Waals surface area contributed by atoms with E-state index >= 15 is 0 Å². The summed E-state index contributed by atoms with van der Waals surface area (Å²) < 4.78 is 40.5. The average molecular weight is 483 g/mol. The van der Waals surface area contributed by atoms with Crippen LogP contribution in [0.3, 0.4) is 0 Å². The van der Waals surface area contributed by atoms with Crippen LogP contribution in [-0.4, -0.2) is 69.9 Å². The predicted octanol–water partition coefficient (Wildman–Crippen LogP) is 3.17. The number of alkyl halides is 2. The molecule has 1 aliphatic rings. The SMILES string of the molecule is CNc1cc(OC)c2nc(C(F)F)n(-c3nc(Nc4cccnc4)nc(N4CCOCC4)n3)c2c1. The summed E-state index contributed by atoms with van der Waals surface area (Å²) in [6.07, 6.45) is 0.366. The van der Waals surface area contributed by atoms with Gasteiger partial charge in [0.05, 0.1) is 37.7 Å². The van der Waals surface area contributed by atoms with Crippen molar-refractivity contribution in [2.24, 2.45) is 0 Å². The molecule has 182 valence electrons. The molecule has 0 atom stereocenters. The molecule has 13 heteroatoms. The molecule has 1 aliphatic heterocycles. The van der Waals surface area contributed by atoms with Crippen LogP contribution >= 0.6 is 0 Å². The van der Waals surface area contributed by atoms with Gasteiger partial charge in [0, 0.05) is 38.1 Å². The average Bonchev–Trinajstić information content (AvgIpc) is 3.29. The first kappa shape index (κ1) is 22.7. The number of morpholine rings is 1. The van der Waals surface area contributed by atoms with Crippen LogP contribution < -0.4 is 20.3 Å². The third-order valence-corrected chi connectivity index (χ3v) is 5.48. The van der Waals surface area contributed by atoms with Crippen molar-refractivity contribution in [2.75, 3.05) is 56.0 Å². The van der Waals surface area contributed by atoms with E-state index < -0.39 is 12.2 Å². The molecule has 0 saturated carbocycles. The van der Waals surface area contributed by atoms with E-state index in [2.05, 4.69) is 35.6 Å². The molecule has 0 bridgehead atoms. The van der Waals surface area contributed by atoms with Gasteiger partial charge in [0.25, 0.3) is 6.43 Å². The maximum atomic E-state index is 14.2. The highest BCUT2D eigenvalue weighted by molar-refractivity contribution is 5.87. The molecule has 2 N–H and O–H groups in total. The standard InChI is InChI=1S/C22H23F2N9O2/c1-25-14-10-15-17(16(11-14)34-2)28-19(18(23)24)33(15)22-30-20(27-13-4-3-5-26-12-13)29-21(31-22)32-6-8-35-9-7-32/h3-5,10-12,18,25H,6-9H2,1-2H3,(H,27,29,30,31). The Bertz CT molecular complexity index is 1330. The van der Waals surface area contributed by atoms with Gasteiger partial charge in [0.1, 0.15) is 11.3 Å². The Balaban J connectivity index is 1.72. The van der Waals surface area contributed by atoms with E-state index in [1.807, 2.05) is 4.90 Å². The van der Waals surface area contributed by atoms with E-state index in [9.17, 15) is 8.78 Å². The number of benzene rings is 1. The van der Waals surface area contributed by atoms with Crippen molar-refractivity contribution in [3.05, 3.63) is 42.5 Å². The Hall–Kier alpha value is -4.13. The number of ether oxygens (including phenoxy) is 2. The zero-order chi connectivity index (χ0) is 24.4. The lowest BCUT2D eigenvalue weighted by molar-refractivity contribution is 0.122. The van der Waals surface area contributed by atoms with Gasteiger partial charge in [-0.3, -0.25) is 9.55 Å². The summed E-state index contributed by atoms with van der Waals surface area (Å²) in [4.78, 5) is 23.8. The number of fused-ring (bicyclic) bond motifs is 1. The van der Waals surface area contributed by atoms with Gasteiger partial charge in [0.2, 0.25) is 17.8 Å². The first-order valence-corrected chi connectivity index (χ1v) is 10.9. The van der Waals surface area contributed by atoms with Crippen molar-refractivity contribution in [3.63, 3.8) is 0 Å². The van der Waals surface area contributed by atoms with E-state index in [1.54, 1.807) is 43.7 Å². The number of rotatable bonds is 7. The van der Waals surface area contributed by atoms with Crippen molar-refractivity contribution in [1.29, 1.82) is 0 Å². The van der Waals surface area contributed by atoms with Gasteiger partial charge in [-0.15, -0.1) is 0 Å². The highest BCUT2D eigenvalue weighted by Crippen LogP contribution is 2.35. The zero-order valence-electron chi connectivity index (χ0n) is 19.1. The first-order chi connectivity index (χ1) is 17.1. The van der Waals surface area contributed by atoms with Crippen LogP contribution in [0.15, 0.2) is 36.7 Å². The van der Waals surface area contributed by atoms with Crippen molar-refractivity contribution in [1.82, 2.24) is 29.5 Å². The number of imidazole rings is 1. The van der Waals surface area contributed by atoms with Crippen molar-refractivity contribution in [3.8, 4) is 11.7 Å². The fraction of sp³-hybridized carbons (Fsp3) is 0.318. The lowest BCUT2D eigenvalue weighted by atomic mass is 10.2. The molecular formula is C22H23F2N9O2. The molecule has 35 heavy (non-hydrogen) atoms. The molecule has 1 fully saturated rings. The number of anilines is 4. The second-order valence-corrected chi connectivity index (χ2v) is 7.63. The largest absolute Gasteiger partial charge is 0.494 e. The van der Waals surface area contributed by atoms with Gasteiger partial charge in [-0.1, -0.05) is 0 Å². The summed E-state index contributed by atoms with van der Waals surface area (Å²) >= 11 is 0. The monoisotopic (exact) mass is 483 g/mol. The maximum absolute atomic E-state index is 14.2. The molecule has 1 aromatic carbocycles. The molecule has 4 aromatic rings. The summed E-state index contributed by atoms with van der Waals surface area (Å²) in [6.45, 7) is 2.12. The van der Waals surface area contributed by atoms with E-state index in [0.717, 1.165) is 0 Å². The maximum Gasteiger partial charge on any atom is 0.296 e. The van der Waals surface area contributed by atoms with Crippen LogP contribution in [0.4, 0.5) is 32.1 Å². The molecule has 0 radical (unpaired) electrons. The summed E-state index contributed by atoms with van der Waals surface area (Å²) in [5.41, 5.74) is 1.95. The molecule has 0 amide bonds. The third kappa shape index (κ3) is 4.49. The highest BCUT2D eigenvalue weighted by Gasteiger charge is 2.26. The number of hydrogen-bond acceptors (Lipinski definition) is 10. The van der Waals surface area contributed by atoms with Crippen molar-refractivity contribution in [2.45, 2.75) is 6.43 Å². The van der Waals surface area contributed by atoms with Crippen molar-refractivity contribution >= 4 is 34.3 Å². The van der Waals surface area contributed by atoms with Gasteiger partial charge in [-0.05, 0) is 18.2 Å². The molecule has 0 aliphatic carbocycles. The number of pyridine rings is 1. The minimum absolute atomic E-state index is 0.000915. The Morgan fingerprint density at radius 1 is 1.06 bits per heavy atom. The molecular weight excluding hydrogens is 460 g/mol.